The summed E-state index contributed by atoms with van der Waals surface area (Å²) >= 11 is 1.62. The number of thiophene rings is 1. The molecule has 0 aliphatic carbocycles. The van der Waals surface area contributed by atoms with Crippen molar-refractivity contribution >= 4 is 27.5 Å². The number of H-pyrrole nitrogens is 1. The average Bonchev–Trinajstić information content (AvgIpc) is 2.55. The minimum absolute atomic E-state index is 0.268. The summed E-state index contributed by atoms with van der Waals surface area (Å²) in [5.41, 5.74) is 2.37. The van der Waals surface area contributed by atoms with E-state index in [0.29, 0.717) is 0 Å². The maximum atomic E-state index is 10.6. The highest BCUT2D eigenvalue weighted by Crippen LogP contribution is 2.30. The van der Waals surface area contributed by atoms with E-state index >= 15 is 0 Å². The third-order valence-electron chi connectivity index (χ3n) is 2.18. The van der Waals surface area contributed by atoms with E-state index in [4.69, 9.17) is 5.11 Å². The second-order valence-electron chi connectivity index (χ2n) is 3.01. The average molecular weight is 195 g/mol. The lowest BCUT2D eigenvalue weighted by Gasteiger charge is -1.88. The second kappa shape index (κ2) is 2.60. The SMILES string of the molecule is Cc1sc2cc(C(=O)O)[nH]c2c1C. The van der Waals surface area contributed by atoms with Crippen molar-refractivity contribution in [3.8, 4) is 0 Å². The molecule has 0 aliphatic rings. The molecule has 0 fully saturated rings. The second-order valence-corrected chi connectivity index (χ2v) is 4.27. The predicted molar refractivity (Wildman–Crippen MR) is 52.6 cm³/mol. The number of carboxylic acid groups (broad SMARTS) is 1. The first-order valence-corrected chi connectivity index (χ1v) is 4.73. The van der Waals surface area contributed by atoms with Gasteiger partial charge in [0.05, 0.1) is 10.2 Å². The van der Waals surface area contributed by atoms with Crippen molar-refractivity contribution in [2.45, 2.75) is 13.8 Å². The van der Waals surface area contributed by atoms with Crippen molar-refractivity contribution in [3.63, 3.8) is 0 Å². The topological polar surface area (TPSA) is 53.1 Å². The minimum Gasteiger partial charge on any atom is -0.477 e. The van der Waals surface area contributed by atoms with Crippen LogP contribution < -0.4 is 0 Å². The molecule has 13 heavy (non-hydrogen) atoms. The lowest BCUT2D eigenvalue weighted by molar-refractivity contribution is 0.0691. The Balaban J connectivity index is 2.72. The van der Waals surface area contributed by atoms with Crippen LogP contribution in [-0.4, -0.2) is 16.1 Å². The summed E-state index contributed by atoms with van der Waals surface area (Å²) in [6.45, 7) is 4.03. The number of rotatable bonds is 1. The molecule has 2 heterocycles. The Bertz CT molecular complexity index is 481. The van der Waals surface area contributed by atoms with Crippen LogP contribution in [0.4, 0.5) is 0 Å². The molecule has 0 bridgehead atoms. The Hall–Kier alpha value is -1.29. The molecule has 0 unspecified atom stereocenters. The van der Waals surface area contributed by atoms with Crippen LogP contribution in [0.1, 0.15) is 20.9 Å². The number of hydrogen-bond donors (Lipinski definition) is 2. The summed E-state index contributed by atoms with van der Waals surface area (Å²) in [6, 6.07) is 1.68. The molecule has 68 valence electrons. The smallest absolute Gasteiger partial charge is 0.352 e. The first kappa shape index (κ1) is 8.31. The molecule has 2 aromatic rings. The largest absolute Gasteiger partial charge is 0.477 e. The van der Waals surface area contributed by atoms with Crippen LogP contribution in [0, 0.1) is 13.8 Å². The highest BCUT2D eigenvalue weighted by molar-refractivity contribution is 7.19. The van der Waals surface area contributed by atoms with E-state index in [1.807, 2.05) is 13.8 Å². The van der Waals surface area contributed by atoms with E-state index in [-0.39, 0.29) is 5.69 Å². The zero-order valence-electron chi connectivity index (χ0n) is 7.34. The third-order valence-corrected chi connectivity index (χ3v) is 3.33. The van der Waals surface area contributed by atoms with E-state index in [1.165, 1.54) is 4.88 Å². The number of nitrogens with one attached hydrogen (secondary N) is 1. The van der Waals surface area contributed by atoms with E-state index < -0.39 is 5.97 Å². The standard InChI is InChI=1S/C9H9NO2S/c1-4-5(2)13-7-3-6(9(11)12)10-8(4)7/h3,10H,1-2H3,(H,11,12). The van der Waals surface area contributed by atoms with Crippen molar-refractivity contribution < 1.29 is 9.90 Å². The van der Waals surface area contributed by atoms with Gasteiger partial charge in [0.15, 0.2) is 0 Å². The van der Waals surface area contributed by atoms with Gasteiger partial charge in [0, 0.05) is 4.88 Å². The fourth-order valence-electron chi connectivity index (χ4n) is 1.33. The summed E-state index contributed by atoms with van der Waals surface area (Å²) in [4.78, 5) is 14.8. The molecule has 0 saturated carbocycles. The Morgan fingerprint density at radius 2 is 2.23 bits per heavy atom. The third kappa shape index (κ3) is 1.14. The number of carbonyl (C=O) groups is 1. The molecule has 0 saturated heterocycles. The zero-order chi connectivity index (χ0) is 9.59. The monoisotopic (exact) mass is 195 g/mol. The maximum Gasteiger partial charge on any atom is 0.352 e. The minimum atomic E-state index is -0.902. The van der Waals surface area contributed by atoms with Crippen LogP contribution in [0.25, 0.3) is 10.2 Å². The summed E-state index contributed by atoms with van der Waals surface area (Å²) in [6.07, 6.45) is 0. The first-order chi connectivity index (χ1) is 6.09. The summed E-state index contributed by atoms with van der Waals surface area (Å²) < 4.78 is 1.02. The van der Waals surface area contributed by atoms with E-state index in [2.05, 4.69) is 4.98 Å². The van der Waals surface area contributed by atoms with Gasteiger partial charge < -0.3 is 10.1 Å². The molecule has 0 radical (unpaired) electrons. The van der Waals surface area contributed by atoms with Gasteiger partial charge in [0.25, 0.3) is 0 Å². The lowest BCUT2D eigenvalue weighted by Crippen LogP contribution is -1.95. The first-order valence-electron chi connectivity index (χ1n) is 3.91. The van der Waals surface area contributed by atoms with Gasteiger partial charge >= 0.3 is 5.97 Å². The summed E-state index contributed by atoms with van der Waals surface area (Å²) in [5.74, 6) is -0.902. The van der Waals surface area contributed by atoms with Crippen molar-refractivity contribution in [2.24, 2.45) is 0 Å². The van der Waals surface area contributed by atoms with Crippen LogP contribution in [0.3, 0.4) is 0 Å². The van der Waals surface area contributed by atoms with Gasteiger partial charge in [-0.15, -0.1) is 11.3 Å². The van der Waals surface area contributed by atoms with Crippen molar-refractivity contribution in [1.82, 2.24) is 4.98 Å². The predicted octanol–water partition coefficient (Wildman–Crippen LogP) is 2.54. The van der Waals surface area contributed by atoms with Gasteiger partial charge in [0.1, 0.15) is 5.69 Å². The number of aromatic carboxylic acids is 1. The van der Waals surface area contributed by atoms with Crippen LogP contribution in [0.15, 0.2) is 6.07 Å². The van der Waals surface area contributed by atoms with Gasteiger partial charge in [0.2, 0.25) is 0 Å². The van der Waals surface area contributed by atoms with Crippen LogP contribution in [0.5, 0.6) is 0 Å². The van der Waals surface area contributed by atoms with Gasteiger partial charge in [-0.25, -0.2) is 4.79 Å². The van der Waals surface area contributed by atoms with Crippen LogP contribution in [0.2, 0.25) is 0 Å². The van der Waals surface area contributed by atoms with Gasteiger partial charge in [-0.3, -0.25) is 0 Å². The molecule has 0 aromatic carbocycles. The fraction of sp³-hybridized carbons (Fsp3) is 0.222. The number of aromatic amines is 1. The summed E-state index contributed by atoms with van der Waals surface area (Å²) in [7, 11) is 0. The molecular formula is C9H9NO2S. The molecule has 2 N–H and O–H groups in total. The molecule has 0 spiro atoms. The fourth-order valence-corrected chi connectivity index (χ4v) is 2.40. The molecule has 2 aromatic heterocycles. The molecular weight excluding hydrogens is 186 g/mol. The lowest BCUT2D eigenvalue weighted by atomic mass is 10.3. The zero-order valence-corrected chi connectivity index (χ0v) is 8.16. The highest BCUT2D eigenvalue weighted by Gasteiger charge is 2.11. The Morgan fingerprint density at radius 1 is 1.54 bits per heavy atom. The Morgan fingerprint density at radius 3 is 2.77 bits per heavy atom. The van der Waals surface area contributed by atoms with Gasteiger partial charge in [-0.2, -0.15) is 0 Å². The van der Waals surface area contributed by atoms with Crippen molar-refractivity contribution in [1.29, 1.82) is 0 Å². The molecule has 0 atom stereocenters. The highest BCUT2D eigenvalue weighted by atomic mass is 32.1. The van der Waals surface area contributed by atoms with Crippen molar-refractivity contribution in [2.75, 3.05) is 0 Å². The van der Waals surface area contributed by atoms with Gasteiger partial charge in [-0.1, -0.05) is 0 Å². The van der Waals surface area contributed by atoms with E-state index in [1.54, 1.807) is 17.4 Å². The van der Waals surface area contributed by atoms with Crippen LogP contribution >= 0.6 is 11.3 Å². The quantitative estimate of drug-likeness (QED) is 0.734. The Labute approximate surface area is 79.0 Å². The number of carboxylic acids is 1. The summed E-state index contributed by atoms with van der Waals surface area (Å²) in [5, 5.41) is 8.74. The van der Waals surface area contributed by atoms with E-state index in [0.717, 1.165) is 15.8 Å². The molecule has 2 rings (SSSR count). The van der Waals surface area contributed by atoms with Crippen LogP contribution in [-0.2, 0) is 0 Å². The number of hydrogen-bond acceptors (Lipinski definition) is 2. The number of aryl methyl sites for hydroxylation is 2. The molecule has 0 amide bonds. The normalized spacial score (nSPS) is 10.9. The molecule has 4 heteroatoms. The van der Waals surface area contributed by atoms with E-state index in [9.17, 15) is 4.79 Å². The maximum absolute atomic E-state index is 10.6. The molecule has 0 aliphatic heterocycles. The molecule has 3 nitrogen and oxygen atoms in total. The Kier molecular flexibility index (Phi) is 1.66. The van der Waals surface area contributed by atoms with Gasteiger partial charge in [-0.05, 0) is 25.5 Å². The van der Waals surface area contributed by atoms with Crippen molar-refractivity contribution in [3.05, 3.63) is 22.2 Å². The number of fused-ring (bicyclic) bond motifs is 1. The number of aromatic nitrogens is 1.